The third-order valence-electron chi connectivity index (χ3n) is 2.65. The fraction of sp³-hybridized carbons (Fsp3) is 0.231. The highest BCUT2D eigenvalue weighted by atomic mass is 35.5. The molecule has 0 amide bonds. The van der Waals surface area contributed by atoms with Crippen molar-refractivity contribution in [2.45, 2.75) is 20.1 Å². The number of hydrogen-bond donors (Lipinski definition) is 1. The van der Waals surface area contributed by atoms with Gasteiger partial charge in [0.05, 0.1) is 12.1 Å². The fourth-order valence-electron chi connectivity index (χ4n) is 1.90. The van der Waals surface area contributed by atoms with Crippen molar-refractivity contribution in [2.24, 2.45) is 0 Å². The molecule has 0 radical (unpaired) electrons. The maximum Gasteiger partial charge on any atom is 0.0702 e. The molecule has 0 aliphatic rings. The molecule has 2 aromatic rings. The monoisotopic (exact) mass is 235 g/mol. The van der Waals surface area contributed by atoms with Gasteiger partial charge in [0.15, 0.2) is 0 Å². The smallest absolute Gasteiger partial charge is 0.0702 e. The Balaban J connectivity index is 2.54. The molecule has 1 heterocycles. The zero-order chi connectivity index (χ0) is 11.5. The quantitative estimate of drug-likeness (QED) is 0.868. The maximum atomic E-state index is 9.32. The van der Waals surface area contributed by atoms with E-state index in [0.717, 1.165) is 28.6 Å². The summed E-state index contributed by atoms with van der Waals surface area (Å²) in [6.45, 7) is 2.80. The Labute approximate surface area is 99.8 Å². The van der Waals surface area contributed by atoms with Gasteiger partial charge in [-0.1, -0.05) is 29.8 Å². The fourth-order valence-corrected chi connectivity index (χ4v) is 1.97. The van der Waals surface area contributed by atoms with Gasteiger partial charge in [0.25, 0.3) is 0 Å². The van der Waals surface area contributed by atoms with E-state index in [1.165, 1.54) is 0 Å². The van der Waals surface area contributed by atoms with Gasteiger partial charge in [-0.15, -0.1) is 0 Å². The number of benzene rings is 1. The molecular weight excluding hydrogens is 222 g/mol. The lowest BCUT2D eigenvalue weighted by Crippen LogP contribution is -1.99. The van der Waals surface area contributed by atoms with E-state index >= 15 is 0 Å². The summed E-state index contributed by atoms with van der Waals surface area (Å²) in [7, 11) is 0. The van der Waals surface area contributed by atoms with Gasteiger partial charge in [0.1, 0.15) is 0 Å². The minimum absolute atomic E-state index is 0.0605. The molecule has 16 heavy (non-hydrogen) atoms. The number of fused-ring (bicyclic) bond motifs is 1. The van der Waals surface area contributed by atoms with E-state index in [2.05, 4.69) is 10.6 Å². The lowest BCUT2D eigenvalue weighted by Gasteiger charge is -2.08. The van der Waals surface area contributed by atoms with Crippen molar-refractivity contribution >= 4 is 22.5 Å². The summed E-state index contributed by atoms with van der Waals surface area (Å²) in [4.78, 5) is 0. The standard InChI is InChI=1S/C13H14ClNO/c1-10(7-14)8-15-6-5-11-3-2-4-12(9-16)13(11)15/h2-7,16H,8-9H2,1H3/b10-7-. The van der Waals surface area contributed by atoms with Crippen LogP contribution < -0.4 is 0 Å². The highest BCUT2D eigenvalue weighted by Crippen LogP contribution is 2.21. The van der Waals surface area contributed by atoms with E-state index in [-0.39, 0.29) is 6.61 Å². The molecular formula is C13H14ClNO. The van der Waals surface area contributed by atoms with Gasteiger partial charge in [-0.3, -0.25) is 0 Å². The number of aromatic nitrogens is 1. The second-order valence-electron chi connectivity index (χ2n) is 3.91. The summed E-state index contributed by atoms with van der Waals surface area (Å²) >= 11 is 5.67. The first-order valence-corrected chi connectivity index (χ1v) is 5.63. The first kappa shape index (κ1) is 11.2. The van der Waals surface area contributed by atoms with Crippen molar-refractivity contribution in [1.29, 1.82) is 0 Å². The van der Waals surface area contributed by atoms with Gasteiger partial charge in [-0.05, 0) is 23.9 Å². The van der Waals surface area contributed by atoms with Crippen molar-refractivity contribution in [2.75, 3.05) is 0 Å². The van der Waals surface area contributed by atoms with Gasteiger partial charge < -0.3 is 9.67 Å². The van der Waals surface area contributed by atoms with Crippen LogP contribution in [0.4, 0.5) is 0 Å². The van der Waals surface area contributed by atoms with E-state index in [4.69, 9.17) is 11.6 Å². The second kappa shape index (κ2) is 4.73. The molecule has 0 atom stereocenters. The molecule has 0 aliphatic heterocycles. The van der Waals surface area contributed by atoms with Crippen LogP contribution >= 0.6 is 11.6 Å². The number of rotatable bonds is 3. The van der Waals surface area contributed by atoms with E-state index in [9.17, 15) is 5.11 Å². The topological polar surface area (TPSA) is 25.2 Å². The molecule has 0 spiro atoms. The number of para-hydroxylation sites is 1. The lowest BCUT2D eigenvalue weighted by molar-refractivity contribution is 0.283. The molecule has 0 bridgehead atoms. The van der Waals surface area contributed by atoms with E-state index in [1.54, 1.807) is 5.54 Å². The molecule has 84 valence electrons. The Hall–Kier alpha value is -1.25. The van der Waals surface area contributed by atoms with Gasteiger partial charge in [0, 0.05) is 23.8 Å². The van der Waals surface area contributed by atoms with E-state index in [0.29, 0.717) is 0 Å². The maximum absolute atomic E-state index is 9.32. The summed E-state index contributed by atoms with van der Waals surface area (Å²) < 4.78 is 2.11. The van der Waals surface area contributed by atoms with Crippen LogP contribution in [0, 0.1) is 0 Å². The Kier molecular flexibility index (Phi) is 3.32. The van der Waals surface area contributed by atoms with Crippen LogP contribution in [-0.2, 0) is 13.2 Å². The Morgan fingerprint density at radius 3 is 2.94 bits per heavy atom. The van der Waals surface area contributed by atoms with Crippen molar-refractivity contribution in [3.05, 3.63) is 47.1 Å². The molecule has 0 saturated heterocycles. The lowest BCUT2D eigenvalue weighted by atomic mass is 10.1. The molecule has 0 fully saturated rings. The Morgan fingerprint density at radius 2 is 2.25 bits per heavy atom. The molecule has 0 aliphatic carbocycles. The number of aliphatic hydroxyl groups excluding tert-OH is 1. The minimum Gasteiger partial charge on any atom is -0.392 e. The molecule has 0 unspecified atom stereocenters. The van der Waals surface area contributed by atoms with Crippen LogP contribution in [0.3, 0.4) is 0 Å². The van der Waals surface area contributed by atoms with Gasteiger partial charge in [-0.25, -0.2) is 0 Å². The third-order valence-corrected chi connectivity index (χ3v) is 3.02. The van der Waals surface area contributed by atoms with Crippen molar-refractivity contribution in [3.63, 3.8) is 0 Å². The molecule has 2 rings (SSSR count). The largest absolute Gasteiger partial charge is 0.392 e. The first-order valence-electron chi connectivity index (χ1n) is 5.19. The average Bonchev–Trinajstić information content (AvgIpc) is 2.72. The number of aliphatic hydroxyl groups is 1. The Bertz CT molecular complexity index is 528. The number of halogens is 1. The zero-order valence-corrected chi connectivity index (χ0v) is 9.91. The van der Waals surface area contributed by atoms with Crippen molar-refractivity contribution < 1.29 is 5.11 Å². The van der Waals surface area contributed by atoms with E-state index < -0.39 is 0 Å². The van der Waals surface area contributed by atoms with Gasteiger partial charge >= 0.3 is 0 Å². The van der Waals surface area contributed by atoms with Gasteiger partial charge in [-0.2, -0.15) is 0 Å². The predicted molar refractivity (Wildman–Crippen MR) is 67.5 cm³/mol. The number of allylic oxidation sites excluding steroid dienone is 1. The normalized spacial score (nSPS) is 12.3. The van der Waals surface area contributed by atoms with Crippen molar-refractivity contribution in [3.8, 4) is 0 Å². The molecule has 3 heteroatoms. The van der Waals surface area contributed by atoms with Crippen LogP contribution in [0.15, 0.2) is 41.6 Å². The molecule has 1 aromatic carbocycles. The number of hydrogen-bond acceptors (Lipinski definition) is 1. The summed E-state index contributed by atoms with van der Waals surface area (Å²) in [5, 5.41) is 10.5. The molecule has 1 N–H and O–H groups in total. The van der Waals surface area contributed by atoms with Crippen LogP contribution in [0.5, 0.6) is 0 Å². The third kappa shape index (κ3) is 1.99. The van der Waals surface area contributed by atoms with Crippen LogP contribution in [0.25, 0.3) is 10.9 Å². The van der Waals surface area contributed by atoms with Crippen LogP contribution in [0.1, 0.15) is 12.5 Å². The summed E-state index contributed by atoms with van der Waals surface area (Å²) in [6, 6.07) is 8.00. The molecule has 2 nitrogen and oxygen atoms in total. The SMILES string of the molecule is C/C(=C/Cl)Cn1ccc2cccc(CO)c21. The molecule has 0 saturated carbocycles. The van der Waals surface area contributed by atoms with E-state index in [1.807, 2.05) is 31.3 Å². The summed E-state index contributed by atoms with van der Waals surface area (Å²) in [6.07, 6.45) is 2.02. The van der Waals surface area contributed by atoms with Gasteiger partial charge in [0.2, 0.25) is 0 Å². The zero-order valence-electron chi connectivity index (χ0n) is 9.15. The minimum atomic E-state index is 0.0605. The highest BCUT2D eigenvalue weighted by Gasteiger charge is 2.05. The first-order chi connectivity index (χ1) is 7.76. The Morgan fingerprint density at radius 1 is 1.44 bits per heavy atom. The predicted octanol–water partition coefficient (Wildman–Crippen LogP) is 3.28. The summed E-state index contributed by atoms with van der Waals surface area (Å²) in [5.74, 6) is 0. The summed E-state index contributed by atoms with van der Waals surface area (Å²) in [5.41, 5.74) is 4.72. The number of nitrogens with zero attached hydrogens (tertiary/aromatic N) is 1. The van der Waals surface area contributed by atoms with Crippen molar-refractivity contribution in [1.82, 2.24) is 4.57 Å². The average molecular weight is 236 g/mol. The van der Waals surface area contributed by atoms with Crippen LogP contribution in [0.2, 0.25) is 0 Å². The highest BCUT2D eigenvalue weighted by molar-refractivity contribution is 6.25. The second-order valence-corrected chi connectivity index (χ2v) is 4.13. The molecule has 1 aromatic heterocycles. The van der Waals surface area contributed by atoms with Crippen LogP contribution in [-0.4, -0.2) is 9.67 Å².